The van der Waals surface area contributed by atoms with Gasteiger partial charge in [0.1, 0.15) is 5.52 Å². The molecule has 0 aliphatic carbocycles. The lowest BCUT2D eigenvalue weighted by Crippen LogP contribution is -2.07. The van der Waals surface area contributed by atoms with Crippen LogP contribution in [0.15, 0.2) is 60.8 Å². The molecular weight excluding hydrogens is 390 g/mol. The Kier molecular flexibility index (Phi) is 4.99. The number of benzene rings is 2. The maximum absolute atomic E-state index is 11.0. The average Bonchev–Trinajstić information content (AvgIpc) is 3.03. The van der Waals surface area contributed by atoms with E-state index in [9.17, 15) is 8.42 Å². The number of aryl methyl sites for hydroxylation is 2. The normalized spacial score (nSPS) is 11.7. The van der Waals surface area contributed by atoms with Gasteiger partial charge in [-0.25, -0.2) is 14.5 Å². The van der Waals surface area contributed by atoms with E-state index in [-0.39, 0.29) is 12.2 Å². The molecule has 0 saturated heterocycles. The summed E-state index contributed by atoms with van der Waals surface area (Å²) in [6.07, 6.45) is 1.93. The molecular formula is C20H19N5O3S. The quantitative estimate of drug-likeness (QED) is 0.470. The molecule has 0 aliphatic rings. The summed E-state index contributed by atoms with van der Waals surface area (Å²) < 4.78 is 32.6. The smallest absolute Gasteiger partial charge is 0.265 e. The van der Waals surface area contributed by atoms with Crippen LogP contribution < -0.4 is 5.32 Å². The predicted octanol–water partition coefficient (Wildman–Crippen LogP) is 3.27. The number of nitrogens with one attached hydrogen (secondary N) is 1. The van der Waals surface area contributed by atoms with Gasteiger partial charge in [-0.15, -0.1) is 5.10 Å². The predicted molar refractivity (Wildman–Crippen MR) is 111 cm³/mol. The number of aromatic nitrogens is 4. The maximum atomic E-state index is 11.0. The zero-order valence-corrected chi connectivity index (χ0v) is 16.5. The molecule has 8 nitrogen and oxygen atoms in total. The Morgan fingerprint density at radius 1 is 1.10 bits per heavy atom. The monoisotopic (exact) mass is 409 g/mol. The van der Waals surface area contributed by atoms with Crippen LogP contribution in [0, 0.1) is 6.92 Å². The molecule has 2 aromatic carbocycles. The number of anilines is 2. The number of hydrogen-bond donors (Lipinski definition) is 2. The van der Waals surface area contributed by atoms with Gasteiger partial charge in [-0.2, -0.15) is 8.42 Å². The first-order valence-corrected chi connectivity index (χ1v) is 10.6. The Morgan fingerprint density at radius 2 is 1.90 bits per heavy atom. The van der Waals surface area contributed by atoms with Gasteiger partial charge in [0.2, 0.25) is 5.95 Å². The lowest BCUT2D eigenvalue weighted by Gasteiger charge is -2.08. The molecule has 0 radical (unpaired) electrons. The van der Waals surface area contributed by atoms with Gasteiger partial charge < -0.3 is 5.32 Å². The van der Waals surface area contributed by atoms with Crippen LogP contribution in [0.2, 0.25) is 0 Å². The summed E-state index contributed by atoms with van der Waals surface area (Å²) in [6, 6.07) is 17.0. The van der Waals surface area contributed by atoms with E-state index in [1.54, 1.807) is 28.9 Å². The van der Waals surface area contributed by atoms with Gasteiger partial charge in [0.15, 0.2) is 5.82 Å². The summed E-state index contributed by atoms with van der Waals surface area (Å²) in [5.74, 6) is 0.790. The molecule has 4 aromatic rings. The van der Waals surface area contributed by atoms with E-state index >= 15 is 0 Å². The van der Waals surface area contributed by atoms with E-state index < -0.39 is 10.1 Å². The third kappa shape index (κ3) is 4.41. The number of rotatable bonds is 6. The van der Waals surface area contributed by atoms with Crippen LogP contribution in [0.4, 0.5) is 11.6 Å². The second kappa shape index (κ2) is 7.61. The molecule has 0 unspecified atom stereocenters. The molecule has 148 valence electrons. The van der Waals surface area contributed by atoms with E-state index in [1.165, 1.54) is 0 Å². The fourth-order valence-electron chi connectivity index (χ4n) is 3.03. The largest absolute Gasteiger partial charge is 0.323 e. The fourth-order valence-corrected chi connectivity index (χ4v) is 3.53. The van der Waals surface area contributed by atoms with Crippen molar-refractivity contribution in [2.24, 2.45) is 0 Å². The Labute approximate surface area is 168 Å². The van der Waals surface area contributed by atoms with E-state index in [4.69, 9.17) is 4.55 Å². The number of hydrogen-bond acceptors (Lipinski definition) is 6. The van der Waals surface area contributed by atoms with Crippen molar-refractivity contribution in [2.75, 3.05) is 11.1 Å². The summed E-state index contributed by atoms with van der Waals surface area (Å²) >= 11 is 0. The van der Waals surface area contributed by atoms with Crippen molar-refractivity contribution < 1.29 is 13.0 Å². The van der Waals surface area contributed by atoms with Crippen LogP contribution in [-0.4, -0.2) is 38.3 Å². The molecule has 29 heavy (non-hydrogen) atoms. The molecule has 4 rings (SSSR count). The topological polar surface area (TPSA) is 109 Å². The van der Waals surface area contributed by atoms with Crippen LogP contribution in [0.5, 0.6) is 0 Å². The Balaban J connectivity index is 1.64. The summed E-state index contributed by atoms with van der Waals surface area (Å²) in [5, 5.41) is 7.72. The van der Waals surface area contributed by atoms with E-state index in [0.717, 1.165) is 33.8 Å². The second-order valence-corrected chi connectivity index (χ2v) is 8.20. The third-order valence-electron chi connectivity index (χ3n) is 4.44. The number of imidazole rings is 1. The zero-order chi connectivity index (χ0) is 20.4. The average molecular weight is 409 g/mol. The standard InChI is InChI=1S/C20H19N5O3S/c1-14-18-13-21-20(24-25(18)19(22-14)16-7-3-2-4-8-16)23-17-9-5-6-15(12-17)10-11-29(26,27)28/h2-9,12-13H,10-11H2,1H3,(H,23,24)(H,26,27,28). The maximum Gasteiger partial charge on any atom is 0.265 e. The lowest BCUT2D eigenvalue weighted by molar-refractivity contribution is 0.482. The second-order valence-electron chi connectivity index (χ2n) is 6.63. The minimum absolute atomic E-state index is 0.215. The van der Waals surface area contributed by atoms with Gasteiger partial charge in [0, 0.05) is 11.3 Å². The fraction of sp³-hybridized carbons (Fsp3) is 0.150. The third-order valence-corrected chi connectivity index (χ3v) is 5.16. The first-order chi connectivity index (χ1) is 13.9. The molecule has 0 saturated carbocycles. The van der Waals surface area contributed by atoms with Crippen molar-refractivity contribution in [3.8, 4) is 11.4 Å². The molecule has 2 aromatic heterocycles. The van der Waals surface area contributed by atoms with Crippen molar-refractivity contribution >= 4 is 27.3 Å². The summed E-state index contributed by atoms with van der Waals surface area (Å²) in [4.78, 5) is 8.99. The first kappa shape index (κ1) is 19.0. The highest BCUT2D eigenvalue weighted by Crippen LogP contribution is 2.22. The van der Waals surface area contributed by atoms with Crippen LogP contribution in [0.3, 0.4) is 0 Å². The SMILES string of the molecule is Cc1nc(-c2ccccc2)n2nc(Nc3cccc(CCS(=O)(=O)O)c3)ncc12. The van der Waals surface area contributed by atoms with Crippen LogP contribution in [0.25, 0.3) is 16.9 Å². The van der Waals surface area contributed by atoms with Crippen molar-refractivity contribution in [3.05, 3.63) is 72.1 Å². The van der Waals surface area contributed by atoms with Crippen LogP contribution in [-0.2, 0) is 16.5 Å². The molecule has 9 heteroatoms. The van der Waals surface area contributed by atoms with Gasteiger partial charge >= 0.3 is 0 Å². The molecule has 2 N–H and O–H groups in total. The molecule has 0 bridgehead atoms. The Hall–Kier alpha value is -3.30. The first-order valence-electron chi connectivity index (χ1n) is 8.98. The van der Waals surface area contributed by atoms with Gasteiger partial charge in [0.05, 0.1) is 17.6 Å². The Morgan fingerprint density at radius 3 is 2.66 bits per heavy atom. The van der Waals surface area contributed by atoms with Gasteiger partial charge in [-0.1, -0.05) is 42.5 Å². The lowest BCUT2D eigenvalue weighted by atomic mass is 10.1. The highest BCUT2D eigenvalue weighted by molar-refractivity contribution is 7.85. The molecule has 0 spiro atoms. The molecule has 0 fully saturated rings. The summed E-state index contributed by atoms with van der Waals surface area (Å²) in [5.41, 5.74) is 4.10. The molecule has 0 atom stereocenters. The van der Waals surface area contributed by atoms with Gasteiger partial charge in [-0.05, 0) is 31.0 Å². The highest BCUT2D eigenvalue weighted by atomic mass is 32.2. The van der Waals surface area contributed by atoms with E-state index in [2.05, 4.69) is 20.4 Å². The van der Waals surface area contributed by atoms with Crippen molar-refractivity contribution in [1.82, 2.24) is 19.6 Å². The van der Waals surface area contributed by atoms with Gasteiger partial charge in [-0.3, -0.25) is 4.55 Å². The van der Waals surface area contributed by atoms with Crippen molar-refractivity contribution in [2.45, 2.75) is 13.3 Å². The minimum Gasteiger partial charge on any atom is -0.323 e. The highest BCUT2D eigenvalue weighted by Gasteiger charge is 2.13. The Bertz CT molecular complexity index is 1270. The molecule has 0 amide bonds. The summed E-state index contributed by atoms with van der Waals surface area (Å²) in [6.45, 7) is 1.91. The summed E-state index contributed by atoms with van der Waals surface area (Å²) in [7, 11) is -4.00. The van der Waals surface area contributed by atoms with Crippen LogP contribution >= 0.6 is 0 Å². The zero-order valence-electron chi connectivity index (χ0n) is 15.6. The van der Waals surface area contributed by atoms with E-state index in [1.807, 2.05) is 43.3 Å². The molecule has 2 heterocycles. The minimum atomic E-state index is -4.00. The van der Waals surface area contributed by atoms with Crippen molar-refractivity contribution in [1.29, 1.82) is 0 Å². The van der Waals surface area contributed by atoms with Crippen LogP contribution in [0.1, 0.15) is 11.3 Å². The van der Waals surface area contributed by atoms with Crippen molar-refractivity contribution in [3.63, 3.8) is 0 Å². The van der Waals surface area contributed by atoms with E-state index in [0.29, 0.717) is 5.95 Å². The number of nitrogens with zero attached hydrogens (tertiary/aromatic N) is 4. The number of fused-ring (bicyclic) bond motifs is 1. The molecule has 0 aliphatic heterocycles. The van der Waals surface area contributed by atoms with Gasteiger partial charge in [0.25, 0.3) is 10.1 Å².